The molecule has 1 rings (SSSR count). The first-order valence-corrected chi connectivity index (χ1v) is 7.07. The van der Waals surface area contributed by atoms with Crippen LogP contribution in [-0.4, -0.2) is 27.0 Å². The van der Waals surface area contributed by atoms with Gasteiger partial charge in [0.2, 0.25) is 0 Å². The van der Waals surface area contributed by atoms with Crippen molar-refractivity contribution in [3.63, 3.8) is 0 Å². The van der Waals surface area contributed by atoms with Crippen molar-refractivity contribution < 1.29 is 13.2 Å². The highest BCUT2D eigenvalue weighted by Gasteiger charge is 2.04. The van der Waals surface area contributed by atoms with E-state index in [1.54, 1.807) is 6.07 Å². The smallest absolute Gasteiger partial charge is 0.150 e. The summed E-state index contributed by atoms with van der Waals surface area (Å²) in [5.74, 6) is 1.02. The van der Waals surface area contributed by atoms with Crippen molar-refractivity contribution in [3.05, 3.63) is 29.8 Å². The number of sulfone groups is 1. The van der Waals surface area contributed by atoms with Gasteiger partial charge in [-0.15, -0.1) is 11.6 Å². The van der Waals surface area contributed by atoms with Crippen LogP contribution in [0.5, 0.6) is 5.75 Å². The van der Waals surface area contributed by atoms with E-state index in [0.29, 0.717) is 11.6 Å². The number of ether oxygens (including phenoxy) is 1. The molecular weight excluding hydrogens is 236 g/mol. The minimum Gasteiger partial charge on any atom is -0.492 e. The Morgan fingerprint density at radius 2 is 2.00 bits per heavy atom. The van der Waals surface area contributed by atoms with Crippen molar-refractivity contribution in [2.45, 2.75) is 5.88 Å². The van der Waals surface area contributed by atoms with Crippen LogP contribution < -0.4 is 4.74 Å². The molecular formula is C10H13ClO3S. The summed E-state index contributed by atoms with van der Waals surface area (Å²) in [5, 5.41) is 0. The average Bonchev–Trinajstić information content (AvgIpc) is 2.16. The molecule has 0 spiro atoms. The maximum absolute atomic E-state index is 10.9. The molecule has 0 bridgehead atoms. The normalized spacial score (nSPS) is 11.3. The predicted molar refractivity (Wildman–Crippen MR) is 61.2 cm³/mol. The van der Waals surface area contributed by atoms with Gasteiger partial charge in [0.05, 0.1) is 11.6 Å². The van der Waals surface area contributed by atoms with Crippen LogP contribution in [0.3, 0.4) is 0 Å². The summed E-state index contributed by atoms with van der Waals surface area (Å²) in [7, 11) is -2.97. The van der Waals surface area contributed by atoms with Crippen LogP contribution in [-0.2, 0) is 15.7 Å². The van der Waals surface area contributed by atoms with E-state index in [4.69, 9.17) is 16.3 Å². The zero-order valence-electron chi connectivity index (χ0n) is 8.44. The second-order valence-corrected chi connectivity index (χ2v) is 5.75. The Labute approximate surface area is 94.9 Å². The molecule has 0 saturated heterocycles. The van der Waals surface area contributed by atoms with E-state index < -0.39 is 9.84 Å². The molecule has 0 aromatic heterocycles. The van der Waals surface area contributed by atoms with E-state index in [2.05, 4.69) is 0 Å². The van der Waals surface area contributed by atoms with Crippen molar-refractivity contribution in [1.82, 2.24) is 0 Å². The van der Waals surface area contributed by atoms with Crippen LogP contribution >= 0.6 is 11.6 Å². The molecule has 0 heterocycles. The van der Waals surface area contributed by atoms with Gasteiger partial charge < -0.3 is 4.74 Å². The Morgan fingerprint density at radius 3 is 2.60 bits per heavy atom. The highest BCUT2D eigenvalue weighted by Crippen LogP contribution is 2.19. The maximum atomic E-state index is 10.9. The molecule has 0 radical (unpaired) electrons. The number of alkyl halides is 1. The summed E-state index contributed by atoms with van der Waals surface area (Å²) in [5.41, 5.74) is 0.868. The van der Waals surface area contributed by atoms with Gasteiger partial charge in [-0.3, -0.25) is 0 Å². The molecule has 0 atom stereocenters. The van der Waals surface area contributed by atoms with Gasteiger partial charge in [0, 0.05) is 11.8 Å². The van der Waals surface area contributed by atoms with Gasteiger partial charge >= 0.3 is 0 Å². The summed E-state index contributed by atoms with van der Waals surface area (Å²) in [6, 6.07) is 7.32. The van der Waals surface area contributed by atoms with Crippen LogP contribution in [0.1, 0.15) is 5.56 Å². The molecule has 0 unspecified atom stereocenters. The van der Waals surface area contributed by atoms with E-state index in [9.17, 15) is 8.42 Å². The van der Waals surface area contributed by atoms with Gasteiger partial charge in [-0.1, -0.05) is 18.2 Å². The second-order valence-electron chi connectivity index (χ2n) is 3.22. The quantitative estimate of drug-likeness (QED) is 0.747. The molecule has 0 fully saturated rings. The van der Waals surface area contributed by atoms with Gasteiger partial charge in [-0.2, -0.15) is 0 Å². The lowest BCUT2D eigenvalue weighted by atomic mass is 10.2. The highest BCUT2D eigenvalue weighted by atomic mass is 35.5. The predicted octanol–water partition coefficient (Wildman–Crippen LogP) is 1.85. The number of para-hydroxylation sites is 1. The second kappa shape index (κ2) is 5.37. The standard InChI is InChI=1S/C10H13ClO3S/c1-15(12,13)7-6-14-10-5-3-2-4-9(10)8-11/h2-5H,6-8H2,1H3. The Balaban J connectivity index is 2.58. The fourth-order valence-corrected chi connectivity index (χ4v) is 1.66. The highest BCUT2D eigenvalue weighted by molar-refractivity contribution is 7.90. The van der Waals surface area contributed by atoms with Crippen molar-refractivity contribution >= 4 is 21.4 Å². The van der Waals surface area contributed by atoms with Gasteiger partial charge in [0.15, 0.2) is 9.84 Å². The molecule has 0 aliphatic heterocycles. The number of rotatable bonds is 5. The molecule has 15 heavy (non-hydrogen) atoms. The van der Waals surface area contributed by atoms with E-state index in [1.807, 2.05) is 18.2 Å². The van der Waals surface area contributed by atoms with E-state index in [1.165, 1.54) is 6.26 Å². The molecule has 0 saturated carbocycles. The Kier molecular flexibility index (Phi) is 4.42. The average molecular weight is 249 g/mol. The fraction of sp³-hybridized carbons (Fsp3) is 0.400. The molecule has 5 heteroatoms. The first kappa shape index (κ1) is 12.3. The summed E-state index contributed by atoms with van der Waals surface area (Å²) >= 11 is 5.70. The Morgan fingerprint density at radius 1 is 1.33 bits per heavy atom. The lowest BCUT2D eigenvalue weighted by molar-refractivity contribution is 0.338. The van der Waals surface area contributed by atoms with Crippen molar-refractivity contribution in [2.24, 2.45) is 0 Å². The molecule has 1 aromatic carbocycles. The van der Waals surface area contributed by atoms with Crippen LogP contribution in [0, 0.1) is 0 Å². The van der Waals surface area contributed by atoms with E-state index >= 15 is 0 Å². The van der Waals surface area contributed by atoms with Crippen molar-refractivity contribution in [2.75, 3.05) is 18.6 Å². The molecule has 3 nitrogen and oxygen atoms in total. The summed E-state index contributed by atoms with van der Waals surface area (Å²) < 4.78 is 27.1. The topological polar surface area (TPSA) is 43.4 Å². The Bertz CT molecular complexity index is 414. The number of halogens is 1. The van der Waals surface area contributed by atoms with Crippen molar-refractivity contribution in [3.8, 4) is 5.75 Å². The van der Waals surface area contributed by atoms with Gasteiger partial charge in [0.25, 0.3) is 0 Å². The molecule has 84 valence electrons. The molecule has 0 amide bonds. The minimum atomic E-state index is -2.97. The largest absolute Gasteiger partial charge is 0.492 e. The van der Waals surface area contributed by atoms with Gasteiger partial charge in [-0.05, 0) is 6.07 Å². The van der Waals surface area contributed by atoms with Crippen LogP contribution in [0.2, 0.25) is 0 Å². The molecule has 0 N–H and O–H groups in total. The summed E-state index contributed by atoms with van der Waals surface area (Å²) in [6.07, 6.45) is 1.18. The summed E-state index contributed by atoms with van der Waals surface area (Å²) in [6.45, 7) is 0.159. The Hall–Kier alpha value is -0.740. The first-order chi connectivity index (χ1) is 7.03. The lowest BCUT2D eigenvalue weighted by Gasteiger charge is -2.08. The fourth-order valence-electron chi connectivity index (χ4n) is 1.06. The SMILES string of the molecule is CS(=O)(=O)CCOc1ccccc1CCl. The molecule has 0 aliphatic carbocycles. The maximum Gasteiger partial charge on any atom is 0.150 e. The van der Waals surface area contributed by atoms with Gasteiger partial charge in [0.1, 0.15) is 12.4 Å². The first-order valence-electron chi connectivity index (χ1n) is 4.47. The third kappa shape index (κ3) is 4.53. The van der Waals surface area contributed by atoms with Crippen LogP contribution in [0.25, 0.3) is 0 Å². The van der Waals surface area contributed by atoms with E-state index in [0.717, 1.165) is 5.56 Å². The monoisotopic (exact) mass is 248 g/mol. The number of benzene rings is 1. The number of hydrogen-bond donors (Lipinski definition) is 0. The molecule has 1 aromatic rings. The third-order valence-electron chi connectivity index (χ3n) is 1.83. The van der Waals surface area contributed by atoms with E-state index in [-0.39, 0.29) is 12.4 Å². The van der Waals surface area contributed by atoms with Gasteiger partial charge in [-0.25, -0.2) is 8.42 Å². The number of hydrogen-bond acceptors (Lipinski definition) is 3. The lowest BCUT2D eigenvalue weighted by Crippen LogP contribution is -2.12. The zero-order valence-corrected chi connectivity index (χ0v) is 10.0. The zero-order chi connectivity index (χ0) is 11.3. The van der Waals surface area contributed by atoms with Crippen LogP contribution in [0.4, 0.5) is 0 Å². The minimum absolute atomic E-state index is 0.0175. The van der Waals surface area contributed by atoms with Crippen LogP contribution in [0.15, 0.2) is 24.3 Å². The molecule has 0 aliphatic rings. The van der Waals surface area contributed by atoms with Crippen molar-refractivity contribution in [1.29, 1.82) is 0 Å². The summed E-state index contributed by atoms with van der Waals surface area (Å²) in [4.78, 5) is 0. The third-order valence-corrected chi connectivity index (χ3v) is 3.02.